The summed E-state index contributed by atoms with van der Waals surface area (Å²) >= 11 is 5.75. The van der Waals surface area contributed by atoms with Crippen molar-refractivity contribution >= 4 is 76.3 Å². The van der Waals surface area contributed by atoms with E-state index in [0.717, 1.165) is 15.6 Å². The fourth-order valence-electron chi connectivity index (χ4n) is 11.4. The molecule has 6 aromatic rings. The number of nitrogens with zero attached hydrogens (tertiary/aromatic N) is 14. The number of anilines is 5. The molecule has 7 aliphatic heterocycles. The van der Waals surface area contributed by atoms with Gasteiger partial charge in [-0.2, -0.15) is 19.9 Å². The van der Waals surface area contributed by atoms with E-state index in [9.17, 15) is 69.5 Å². The first-order valence-corrected chi connectivity index (χ1v) is 32.3. The van der Waals surface area contributed by atoms with Crippen molar-refractivity contribution in [2.45, 2.75) is 216 Å². The summed E-state index contributed by atoms with van der Waals surface area (Å²) in [4.78, 5) is 82.0. The second-order valence-electron chi connectivity index (χ2n) is 23.6. The van der Waals surface area contributed by atoms with E-state index in [2.05, 4.69) is 66.1 Å². The second kappa shape index (κ2) is 32.8. The van der Waals surface area contributed by atoms with Crippen LogP contribution in [-0.2, 0) is 33.3 Å². The number of aromatic nitrogens is 12. The largest absolute Gasteiger partial charge is 0.390 e. The van der Waals surface area contributed by atoms with Gasteiger partial charge in [0.05, 0.1) is 87.5 Å². The van der Waals surface area contributed by atoms with Gasteiger partial charge in [0.2, 0.25) is 17.1 Å². The molecule has 0 aromatic carbocycles. The second-order valence-corrected chi connectivity index (χ2v) is 23.9. The number of amides is 2. The van der Waals surface area contributed by atoms with Crippen LogP contribution < -0.4 is 38.4 Å². The number of carbonyl (C=O) groups is 2. The number of carbonyl (C=O) groups excluding carboxylic acids is 2. The van der Waals surface area contributed by atoms with Crippen molar-refractivity contribution in [2.75, 3.05) is 40.1 Å². The molecule has 0 bridgehead atoms. The summed E-state index contributed by atoms with van der Waals surface area (Å²) in [6.07, 6.45) is -1.36. The summed E-state index contributed by atoms with van der Waals surface area (Å²) in [5.41, 5.74) is 6.06. The zero-order chi connectivity index (χ0) is 71.0. The van der Waals surface area contributed by atoms with Gasteiger partial charge in [-0.15, -0.1) is 0 Å². The quantitative estimate of drug-likeness (QED) is 0.0737. The molecule has 536 valence electrons. The number of nitrogens with one attached hydrogen (secondary N) is 4. The molecule has 2 amide bonds. The molecule has 15 N–H and O–H groups in total. The lowest BCUT2D eigenvalue weighted by Gasteiger charge is -2.17. The fourth-order valence-corrected chi connectivity index (χ4v) is 11.6. The third-order valence-corrected chi connectivity index (χ3v) is 17.2. The predicted octanol–water partition coefficient (Wildman–Crippen LogP) is 0.388. The van der Waals surface area contributed by atoms with Gasteiger partial charge < -0.3 is 96.6 Å². The molecule has 5 fully saturated rings. The summed E-state index contributed by atoms with van der Waals surface area (Å²) < 4.78 is 49.2. The Hall–Kier alpha value is -7.93. The molecular formula is C59H83ClFN19O18. The molecule has 37 nitrogen and oxygen atoms in total. The minimum Gasteiger partial charge on any atom is -0.390 e. The highest BCUT2D eigenvalue weighted by atomic mass is 35.5. The van der Waals surface area contributed by atoms with E-state index in [1.165, 1.54) is 35.4 Å². The van der Waals surface area contributed by atoms with Gasteiger partial charge in [-0.05, 0) is 56.8 Å². The van der Waals surface area contributed by atoms with E-state index in [1.807, 2.05) is 32.3 Å². The van der Waals surface area contributed by atoms with Gasteiger partial charge in [0, 0.05) is 38.1 Å². The van der Waals surface area contributed by atoms with Crippen LogP contribution in [0.5, 0.6) is 0 Å². The van der Waals surface area contributed by atoms with Gasteiger partial charge in [-0.1, -0.05) is 34.6 Å². The van der Waals surface area contributed by atoms with Crippen LogP contribution >= 0.6 is 11.6 Å². The van der Waals surface area contributed by atoms with Crippen molar-refractivity contribution in [3.05, 3.63) is 81.1 Å². The normalized spacial score (nSPS) is 31.3. The minimum absolute atomic E-state index is 0.0576. The summed E-state index contributed by atoms with van der Waals surface area (Å²) in [5, 5.41) is 99.4. The van der Waals surface area contributed by atoms with Gasteiger partial charge in [0.1, 0.15) is 95.4 Å². The standard InChI is InChI=1S/C13H19N3O5.C12H18N4O3.C12H17N3O5.C11H13ClFN5O2.C11H16N4O3/c1-3-7-10(18)11(19)12(21-7)16-6-5-8(15-13(16)20)14-9(17)4-2;1-2-9-7(17)3-10(19-9)16-6-15-11-8(18)4-13-5-14-12(11)16;1-3-8(16)13-7-4-5-15(12(19)14-7)11-10(18)9(17)6(2)20-11;1-2-4-7(19)5(13)10(20-4)18-3-15-6-8(14)16-11(12)17-9(6)18;1-6-7(16)2-9(18-6)15-5-14-10-8(17)3-12-4-13-11(10)15/h5-7,10-12,18-19H,3-4H2,1-2H3,(H,14,15,17,20);5-10,17-18H,2-4H2,1H3,(H,13,14);4-6,9-11,17-18H,3H2,1-2H3,(H,13,14,16,19);3-5,7,10,19H,2H2,1H3,(H2,14,16,17);4-9,16-17H,2-3H2,1H3,(H,12,13)/t7-,10-,11+,12-;7-,8+,9+,10+;6-,9-,10+,11-;4-,5+,7-,10-;6-,7+,8-,9-/m10111/s1. The number of hydrogen-bond acceptors (Lipinski definition) is 30. The number of nitrogens with two attached hydrogens (primary N) is 1. The van der Waals surface area contributed by atoms with Gasteiger partial charge in [-0.3, -0.25) is 42.4 Å². The van der Waals surface area contributed by atoms with Crippen molar-refractivity contribution in [1.29, 1.82) is 0 Å². The van der Waals surface area contributed by atoms with Crippen molar-refractivity contribution in [1.82, 2.24) is 57.7 Å². The van der Waals surface area contributed by atoms with Crippen LogP contribution in [0.25, 0.3) is 11.2 Å². The van der Waals surface area contributed by atoms with Crippen LogP contribution in [0.2, 0.25) is 5.28 Å². The number of halogens is 2. The van der Waals surface area contributed by atoms with Crippen LogP contribution in [0.4, 0.5) is 33.5 Å². The zero-order valence-corrected chi connectivity index (χ0v) is 55.2. The van der Waals surface area contributed by atoms with Crippen molar-refractivity contribution in [3.8, 4) is 0 Å². The Labute approximate surface area is 563 Å². The van der Waals surface area contributed by atoms with Gasteiger partial charge in [0.25, 0.3) is 0 Å². The smallest absolute Gasteiger partial charge is 0.351 e. The Kier molecular flexibility index (Phi) is 24.9. The number of alkyl halides is 1. The Morgan fingerprint density at radius 2 is 1.06 bits per heavy atom. The molecule has 5 saturated heterocycles. The molecule has 39 heteroatoms. The molecule has 98 heavy (non-hydrogen) atoms. The molecule has 13 rings (SSSR count). The average molecular weight is 1400 g/mol. The Morgan fingerprint density at radius 1 is 0.582 bits per heavy atom. The summed E-state index contributed by atoms with van der Waals surface area (Å²) in [6.45, 7) is 13.0. The van der Waals surface area contributed by atoms with Crippen LogP contribution in [-0.4, -0.2) is 221 Å². The van der Waals surface area contributed by atoms with E-state index < -0.39 is 109 Å². The van der Waals surface area contributed by atoms with Crippen LogP contribution in [0.3, 0.4) is 0 Å². The number of ether oxygens (including phenoxy) is 5. The molecule has 7 aliphatic rings. The summed E-state index contributed by atoms with van der Waals surface area (Å²) in [5.74, 6) is 1.24. The Balaban J connectivity index is 0.000000143. The molecule has 0 unspecified atom stereocenters. The maximum atomic E-state index is 14.2. The van der Waals surface area contributed by atoms with Crippen LogP contribution in [0, 0.1) is 0 Å². The molecule has 0 spiro atoms. The molecular weight excluding hydrogens is 1320 g/mol. The third-order valence-electron chi connectivity index (χ3n) is 17.0. The first-order valence-electron chi connectivity index (χ1n) is 31.9. The monoisotopic (exact) mass is 1400 g/mol. The maximum absolute atomic E-state index is 14.2. The van der Waals surface area contributed by atoms with Gasteiger partial charge >= 0.3 is 11.4 Å². The van der Waals surface area contributed by atoms with E-state index in [4.69, 9.17) is 41.0 Å². The van der Waals surface area contributed by atoms with Gasteiger partial charge in [-0.25, -0.2) is 28.9 Å². The number of aliphatic imine (C=N–C) groups is 2. The minimum atomic E-state index is -1.58. The molecule has 0 aliphatic carbocycles. The van der Waals surface area contributed by atoms with E-state index in [0.29, 0.717) is 67.3 Å². The first kappa shape index (κ1) is 74.3. The highest BCUT2D eigenvalue weighted by Gasteiger charge is 2.46. The highest BCUT2D eigenvalue weighted by Crippen LogP contribution is 2.39. The third kappa shape index (κ3) is 16.5. The zero-order valence-electron chi connectivity index (χ0n) is 54.4. The Bertz CT molecular complexity index is 3870. The summed E-state index contributed by atoms with van der Waals surface area (Å²) in [7, 11) is 0. The topological polar surface area (TPSA) is 510 Å². The highest BCUT2D eigenvalue weighted by molar-refractivity contribution is 6.28. The molecule has 0 saturated carbocycles. The SMILES string of the molecule is CCC(=O)Nc1ccn([C@@H]2O[C@H](C)[C@@H](O)[C@@H]2O)c(=O)n1.CCC(=O)Nc1ccn([C@@H]2O[C@H](CC)[C@@H](O)[C@@H]2O)c(=O)n1.CC[C@H]1O[C@@H](n2cnc3c(N)nc(Cl)nc32)[C@@H](F)[C@@H]1O.CC[C@H]1O[C@@H](n2cnc3c2NC=NC[C@H]3O)C[C@@H]1O.C[C@H]1O[C@@H](n2cnc3c2NC=NC[C@H]3O)C[C@@H]1O. The van der Waals surface area contributed by atoms with E-state index in [-0.39, 0.29) is 77.7 Å². The molecule has 6 aromatic heterocycles. The molecule has 0 radical (unpaired) electrons. The lowest BCUT2D eigenvalue weighted by atomic mass is 10.1. The van der Waals surface area contributed by atoms with Crippen LogP contribution in [0.15, 0.2) is 63.1 Å². The number of hydrogen-bond donors (Lipinski definition) is 14. The van der Waals surface area contributed by atoms with Crippen molar-refractivity contribution in [2.24, 2.45) is 9.98 Å². The van der Waals surface area contributed by atoms with Crippen molar-refractivity contribution < 1.29 is 83.6 Å². The summed E-state index contributed by atoms with van der Waals surface area (Å²) in [6, 6.07) is 2.87. The number of imidazole rings is 3. The molecule has 13 heterocycles. The maximum Gasteiger partial charge on any atom is 0.351 e. The first-order chi connectivity index (χ1) is 46.8. The number of fused-ring (bicyclic) bond motifs is 3. The number of aliphatic hydroxyl groups is 9. The van der Waals surface area contributed by atoms with Crippen molar-refractivity contribution in [3.63, 3.8) is 0 Å². The van der Waals surface area contributed by atoms with E-state index >= 15 is 0 Å². The predicted molar refractivity (Wildman–Crippen MR) is 346 cm³/mol. The fraction of sp³-hybridized carbons (Fsp3) is 0.610. The average Bonchev–Trinajstić information content (AvgIpc) is 1.64. The van der Waals surface area contributed by atoms with Crippen LogP contribution in [0.1, 0.15) is 148 Å². The Morgan fingerprint density at radius 3 is 1.51 bits per heavy atom. The van der Waals surface area contributed by atoms with Gasteiger partial charge in [0.15, 0.2) is 36.3 Å². The lowest BCUT2D eigenvalue weighted by Crippen LogP contribution is -2.35. The lowest BCUT2D eigenvalue weighted by molar-refractivity contribution is -0.116. The number of nitrogen functional groups attached to an aromatic ring is 1. The number of aliphatic hydroxyl groups excluding tert-OH is 9. The number of rotatable bonds is 12. The van der Waals surface area contributed by atoms with E-state index in [1.54, 1.807) is 50.7 Å². The molecule has 20 atom stereocenters.